The lowest BCUT2D eigenvalue weighted by Gasteiger charge is -2.11. The lowest BCUT2D eigenvalue weighted by atomic mass is 10.2. The molecule has 0 saturated heterocycles. The fourth-order valence-electron chi connectivity index (χ4n) is 1.73. The van der Waals surface area contributed by atoms with Gasteiger partial charge in [-0.15, -0.1) is 11.3 Å². The molecule has 0 saturated carbocycles. The number of hydrogen-bond donors (Lipinski definition) is 2. The van der Waals surface area contributed by atoms with Crippen molar-refractivity contribution in [3.05, 3.63) is 46.6 Å². The number of nitrogens with zero attached hydrogens (tertiary/aromatic N) is 1. The molecule has 8 heteroatoms. The molecule has 2 aromatic rings. The normalized spacial score (nSPS) is 12.9. The van der Waals surface area contributed by atoms with Gasteiger partial charge in [0, 0.05) is 10.6 Å². The van der Waals surface area contributed by atoms with E-state index < -0.39 is 10.0 Å². The fourth-order valence-corrected chi connectivity index (χ4v) is 3.48. The van der Waals surface area contributed by atoms with Crippen molar-refractivity contribution in [2.45, 2.75) is 24.1 Å². The zero-order valence-electron chi connectivity index (χ0n) is 11.5. The van der Waals surface area contributed by atoms with Gasteiger partial charge in [0.25, 0.3) is 5.91 Å². The lowest BCUT2D eigenvalue weighted by molar-refractivity contribution is 0.0935. The van der Waals surface area contributed by atoms with Gasteiger partial charge in [0.2, 0.25) is 10.0 Å². The Labute approximate surface area is 127 Å². The SMILES string of the molecule is Cc1cccc(C(=O)NC(C)c2ccc(S(N)(=O)=O)s2)n1. The second-order valence-electron chi connectivity index (χ2n) is 4.56. The van der Waals surface area contributed by atoms with Crippen LogP contribution in [0.1, 0.15) is 34.0 Å². The molecule has 6 nitrogen and oxygen atoms in total. The number of nitrogens with two attached hydrogens (primary N) is 1. The molecular weight excluding hydrogens is 310 g/mol. The molecule has 1 unspecified atom stereocenters. The summed E-state index contributed by atoms with van der Waals surface area (Å²) < 4.78 is 22.6. The number of thiophene rings is 1. The lowest BCUT2D eigenvalue weighted by Crippen LogP contribution is -2.27. The Bertz CT molecular complexity index is 768. The monoisotopic (exact) mass is 325 g/mol. The van der Waals surface area contributed by atoms with Crippen LogP contribution in [0.2, 0.25) is 0 Å². The smallest absolute Gasteiger partial charge is 0.270 e. The maximum atomic E-state index is 12.1. The molecule has 0 bridgehead atoms. The molecule has 112 valence electrons. The zero-order chi connectivity index (χ0) is 15.6. The Kier molecular flexibility index (Phi) is 4.40. The summed E-state index contributed by atoms with van der Waals surface area (Å²) in [5.41, 5.74) is 1.08. The summed E-state index contributed by atoms with van der Waals surface area (Å²) in [5.74, 6) is -0.309. The van der Waals surface area contributed by atoms with E-state index in [1.54, 1.807) is 38.1 Å². The summed E-state index contributed by atoms with van der Waals surface area (Å²) in [6, 6.07) is 7.92. The maximum absolute atomic E-state index is 12.1. The third kappa shape index (κ3) is 3.87. The van der Waals surface area contributed by atoms with Crippen molar-refractivity contribution in [3.63, 3.8) is 0 Å². The Morgan fingerprint density at radius 2 is 2.05 bits per heavy atom. The molecule has 1 atom stereocenters. The van der Waals surface area contributed by atoms with Gasteiger partial charge in [-0.2, -0.15) is 0 Å². The standard InChI is InChI=1S/C13H15N3O3S2/c1-8-4-3-5-10(15-8)13(17)16-9(2)11-6-7-12(20-11)21(14,18)19/h3-7,9H,1-2H3,(H,16,17)(H2,14,18,19). The molecule has 0 aliphatic heterocycles. The van der Waals surface area contributed by atoms with Crippen LogP contribution >= 0.6 is 11.3 Å². The van der Waals surface area contributed by atoms with Gasteiger partial charge in [0.1, 0.15) is 9.90 Å². The molecule has 1 amide bonds. The minimum atomic E-state index is -3.71. The minimum absolute atomic E-state index is 0.0762. The topological polar surface area (TPSA) is 102 Å². The van der Waals surface area contributed by atoms with E-state index >= 15 is 0 Å². The summed E-state index contributed by atoms with van der Waals surface area (Å²) in [6.45, 7) is 3.57. The highest BCUT2D eigenvalue weighted by Gasteiger charge is 2.17. The van der Waals surface area contributed by atoms with Crippen LogP contribution in [0.5, 0.6) is 0 Å². The van der Waals surface area contributed by atoms with Crippen molar-refractivity contribution in [2.75, 3.05) is 0 Å². The van der Waals surface area contributed by atoms with Crippen LogP contribution in [-0.2, 0) is 10.0 Å². The third-order valence-electron chi connectivity index (χ3n) is 2.78. The molecule has 0 radical (unpaired) electrons. The van der Waals surface area contributed by atoms with Gasteiger partial charge in [0.05, 0.1) is 6.04 Å². The largest absolute Gasteiger partial charge is 0.343 e. The maximum Gasteiger partial charge on any atom is 0.270 e. The first-order valence-corrected chi connectivity index (χ1v) is 8.50. The summed E-state index contributed by atoms with van der Waals surface area (Å²) in [7, 11) is -3.71. The summed E-state index contributed by atoms with van der Waals surface area (Å²) in [4.78, 5) is 16.9. The zero-order valence-corrected chi connectivity index (χ0v) is 13.2. The predicted molar refractivity (Wildman–Crippen MR) is 80.5 cm³/mol. The van der Waals surface area contributed by atoms with E-state index in [9.17, 15) is 13.2 Å². The summed E-state index contributed by atoms with van der Waals surface area (Å²) in [6.07, 6.45) is 0. The van der Waals surface area contributed by atoms with E-state index in [1.807, 2.05) is 0 Å². The van der Waals surface area contributed by atoms with Crippen LogP contribution in [0.4, 0.5) is 0 Å². The predicted octanol–water partition coefficient (Wildman–Crippen LogP) is 1.59. The molecule has 0 aromatic carbocycles. The molecular formula is C13H15N3O3S2. The number of pyridine rings is 1. The van der Waals surface area contributed by atoms with Crippen LogP contribution in [0, 0.1) is 6.92 Å². The van der Waals surface area contributed by atoms with Crippen LogP contribution in [0.25, 0.3) is 0 Å². The van der Waals surface area contributed by atoms with Crippen molar-refractivity contribution in [2.24, 2.45) is 5.14 Å². The first-order valence-electron chi connectivity index (χ1n) is 6.14. The summed E-state index contributed by atoms with van der Waals surface area (Å²) >= 11 is 1.04. The third-order valence-corrected chi connectivity index (χ3v) is 5.48. The highest BCUT2D eigenvalue weighted by Crippen LogP contribution is 2.25. The van der Waals surface area contributed by atoms with Gasteiger partial charge in [0.15, 0.2) is 0 Å². The molecule has 2 rings (SSSR count). The first-order chi connectivity index (χ1) is 9.77. The van der Waals surface area contributed by atoms with E-state index in [-0.39, 0.29) is 16.2 Å². The molecule has 0 fully saturated rings. The number of nitrogens with one attached hydrogen (secondary N) is 1. The molecule has 3 N–H and O–H groups in total. The van der Waals surface area contributed by atoms with Crippen LogP contribution in [0.3, 0.4) is 0 Å². The Hall–Kier alpha value is -1.77. The van der Waals surface area contributed by atoms with Gasteiger partial charge in [-0.25, -0.2) is 18.5 Å². The Morgan fingerprint density at radius 3 is 2.62 bits per heavy atom. The fraction of sp³-hybridized carbons (Fsp3) is 0.231. The molecule has 2 aromatic heterocycles. The van der Waals surface area contributed by atoms with Crippen molar-refractivity contribution >= 4 is 27.3 Å². The number of carbonyl (C=O) groups is 1. The Balaban J connectivity index is 2.13. The summed E-state index contributed by atoms with van der Waals surface area (Å²) in [5, 5.41) is 7.84. The molecule has 0 spiro atoms. The van der Waals surface area contributed by atoms with Crippen molar-refractivity contribution in [1.82, 2.24) is 10.3 Å². The second-order valence-corrected chi connectivity index (χ2v) is 7.46. The quantitative estimate of drug-likeness (QED) is 0.891. The number of carbonyl (C=O) groups excluding carboxylic acids is 1. The van der Waals surface area contributed by atoms with E-state index in [2.05, 4.69) is 10.3 Å². The van der Waals surface area contributed by atoms with Gasteiger partial charge >= 0.3 is 0 Å². The highest BCUT2D eigenvalue weighted by atomic mass is 32.2. The number of aryl methyl sites for hydroxylation is 1. The highest BCUT2D eigenvalue weighted by molar-refractivity contribution is 7.91. The van der Waals surface area contributed by atoms with Crippen molar-refractivity contribution < 1.29 is 13.2 Å². The molecule has 0 aliphatic carbocycles. The van der Waals surface area contributed by atoms with E-state index in [0.717, 1.165) is 17.0 Å². The average molecular weight is 325 g/mol. The van der Waals surface area contributed by atoms with Gasteiger partial charge < -0.3 is 5.32 Å². The molecule has 2 heterocycles. The molecule has 0 aliphatic rings. The second kappa shape index (κ2) is 5.92. The van der Waals surface area contributed by atoms with Gasteiger partial charge in [-0.05, 0) is 38.1 Å². The Morgan fingerprint density at radius 1 is 1.33 bits per heavy atom. The van der Waals surface area contributed by atoms with Crippen LogP contribution in [0.15, 0.2) is 34.5 Å². The van der Waals surface area contributed by atoms with Gasteiger partial charge in [-0.3, -0.25) is 4.79 Å². The number of rotatable bonds is 4. The number of sulfonamides is 1. The average Bonchev–Trinajstić information content (AvgIpc) is 2.88. The van der Waals surface area contributed by atoms with Crippen LogP contribution < -0.4 is 10.5 Å². The minimum Gasteiger partial charge on any atom is -0.343 e. The van der Waals surface area contributed by atoms with Crippen LogP contribution in [-0.4, -0.2) is 19.3 Å². The van der Waals surface area contributed by atoms with E-state index in [1.165, 1.54) is 6.07 Å². The first kappa shape index (κ1) is 15.6. The van der Waals surface area contributed by atoms with E-state index in [4.69, 9.17) is 5.14 Å². The number of aromatic nitrogens is 1. The molecule has 21 heavy (non-hydrogen) atoms. The number of primary sulfonamides is 1. The van der Waals surface area contributed by atoms with E-state index in [0.29, 0.717) is 10.6 Å². The van der Waals surface area contributed by atoms with Crippen molar-refractivity contribution in [3.8, 4) is 0 Å². The van der Waals surface area contributed by atoms with Crippen molar-refractivity contribution in [1.29, 1.82) is 0 Å². The number of amides is 1. The number of hydrogen-bond acceptors (Lipinski definition) is 5. The van der Waals surface area contributed by atoms with Gasteiger partial charge in [-0.1, -0.05) is 6.07 Å².